The van der Waals surface area contributed by atoms with Gasteiger partial charge in [-0.1, -0.05) is 50.2 Å². The van der Waals surface area contributed by atoms with Crippen LogP contribution in [0.3, 0.4) is 0 Å². The van der Waals surface area contributed by atoms with Crippen LogP contribution in [0.5, 0.6) is 0 Å². The van der Waals surface area contributed by atoms with Crippen molar-refractivity contribution in [2.75, 3.05) is 11.9 Å². The van der Waals surface area contributed by atoms with E-state index in [1.807, 2.05) is 37.3 Å². The molecule has 4 nitrogen and oxygen atoms in total. The van der Waals surface area contributed by atoms with Crippen molar-refractivity contribution in [3.05, 3.63) is 69.8 Å². The Balaban J connectivity index is 2.07. The molecule has 21 heavy (non-hydrogen) atoms. The van der Waals surface area contributed by atoms with Crippen molar-refractivity contribution in [3.63, 3.8) is 0 Å². The van der Waals surface area contributed by atoms with Gasteiger partial charge < -0.3 is 5.32 Å². The largest absolute Gasteiger partial charge is 0.384 e. The second-order valence-electron chi connectivity index (χ2n) is 5.15. The first kappa shape index (κ1) is 15.0. The molecule has 4 heteroatoms. The molecule has 110 valence electrons. The van der Waals surface area contributed by atoms with Crippen LogP contribution in [-0.2, 0) is 6.42 Å². The molecule has 1 unspecified atom stereocenters. The molecule has 0 amide bonds. The number of nitro groups is 1. The summed E-state index contributed by atoms with van der Waals surface area (Å²) < 4.78 is 0. The standard InChI is InChI=1S/C17H20N2O2/c1-3-14-9-10-16(11-17(14)19(20)21)18-12-13(2)15-7-5-4-6-8-15/h4-11,13,18H,3,12H2,1-2H3. The predicted molar refractivity (Wildman–Crippen MR) is 85.8 cm³/mol. The zero-order valence-corrected chi connectivity index (χ0v) is 12.4. The maximum Gasteiger partial charge on any atom is 0.274 e. The summed E-state index contributed by atoms with van der Waals surface area (Å²) in [5.41, 5.74) is 3.00. The summed E-state index contributed by atoms with van der Waals surface area (Å²) in [5, 5.41) is 14.4. The van der Waals surface area contributed by atoms with Crippen LogP contribution in [-0.4, -0.2) is 11.5 Å². The molecule has 0 aliphatic heterocycles. The van der Waals surface area contributed by atoms with Gasteiger partial charge in [-0.05, 0) is 24.0 Å². The zero-order chi connectivity index (χ0) is 15.2. The first-order chi connectivity index (χ1) is 10.1. The van der Waals surface area contributed by atoms with E-state index in [0.717, 1.165) is 17.8 Å². The molecule has 0 saturated carbocycles. The molecule has 0 saturated heterocycles. The van der Waals surface area contributed by atoms with Crippen molar-refractivity contribution < 1.29 is 4.92 Å². The van der Waals surface area contributed by atoms with Crippen LogP contribution in [0.15, 0.2) is 48.5 Å². The van der Waals surface area contributed by atoms with Crippen LogP contribution in [0.25, 0.3) is 0 Å². The third-order valence-electron chi connectivity index (χ3n) is 3.64. The predicted octanol–water partition coefficient (Wildman–Crippen LogP) is 4.37. The van der Waals surface area contributed by atoms with E-state index in [1.54, 1.807) is 6.07 Å². The van der Waals surface area contributed by atoms with E-state index in [-0.39, 0.29) is 10.6 Å². The van der Waals surface area contributed by atoms with Crippen LogP contribution in [0.2, 0.25) is 0 Å². The van der Waals surface area contributed by atoms with Crippen molar-refractivity contribution in [2.45, 2.75) is 26.2 Å². The molecular formula is C17H20N2O2. The minimum absolute atomic E-state index is 0.190. The Morgan fingerprint density at radius 2 is 1.90 bits per heavy atom. The van der Waals surface area contributed by atoms with E-state index in [1.165, 1.54) is 5.56 Å². The van der Waals surface area contributed by atoms with Gasteiger partial charge in [0.25, 0.3) is 5.69 Å². The average Bonchev–Trinajstić information content (AvgIpc) is 2.53. The van der Waals surface area contributed by atoms with Gasteiger partial charge in [0.15, 0.2) is 0 Å². The first-order valence-corrected chi connectivity index (χ1v) is 7.18. The SMILES string of the molecule is CCc1ccc(NCC(C)c2ccccc2)cc1[N+](=O)[O-]. The van der Waals surface area contributed by atoms with Crippen molar-refractivity contribution in [2.24, 2.45) is 0 Å². The fourth-order valence-corrected chi connectivity index (χ4v) is 2.31. The second-order valence-corrected chi connectivity index (χ2v) is 5.15. The molecule has 0 bridgehead atoms. The lowest BCUT2D eigenvalue weighted by Gasteiger charge is -2.14. The smallest absolute Gasteiger partial charge is 0.274 e. The van der Waals surface area contributed by atoms with E-state index < -0.39 is 0 Å². The second kappa shape index (κ2) is 6.88. The Labute approximate surface area is 125 Å². The van der Waals surface area contributed by atoms with E-state index in [0.29, 0.717) is 12.3 Å². The third kappa shape index (κ3) is 3.81. The maximum atomic E-state index is 11.1. The monoisotopic (exact) mass is 284 g/mol. The van der Waals surface area contributed by atoms with Gasteiger partial charge in [0.2, 0.25) is 0 Å². The van der Waals surface area contributed by atoms with Gasteiger partial charge in [0, 0.05) is 23.9 Å². The number of hydrogen-bond donors (Lipinski definition) is 1. The van der Waals surface area contributed by atoms with Crippen molar-refractivity contribution in [1.29, 1.82) is 0 Å². The summed E-state index contributed by atoms with van der Waals surface area (Å²) in [6, 6.07) is 15.6. The van der Waals surface area contributed by atoms with E-state index in [2.05, 4.69) is 24.4 Å². The highest BCUT2D eigenvalue weighted by molar-refractivity contribution is 5.55. The molecule has 0 fully saturated rings. The van der Waals surface area contributed by atoms with Crippen LogP contribution >= 0.6 is 0 Å². The summed E-state index contributed by atoms with van der Waals surface area (Å²) in [4.78, 5) is 10.8. The maximum absolute atomic E-state index is 11.1. The quantitative estimate of drug-likeness (QED) is 0.633. The lowest BCUT2D eigenvalue weighted by Crippen LogP contribution is -2.10. The molecular weight excluding hydrogens is 264 g/mol. The fourth-order valence-electron chi connectivity index (χ4n) is 2.31. The molecule has 0 aliphatic carbocycles. The highest BCUT2D eigenvalue weighted by atomic mass is 16.6. The Kier molecular flexibility index (Phi) is 4.93. The van der Waals surface area contributed by atoms with Crippen molar-refractivity contribution in [1.82, 2.24) is 0 Å². The summed E-state index contributed by atoms with van der Waals surface area (Å²) in [7, 11) is 0. The highest BCUT2D eigenvalue weighted by Crippen LogP contribution is 2.24. The summed E-state index contributed by atoms with van der Waals surface area (Å²) >= 11 is 0. The lowest BCUT2D eigenvalue weighted by molar-refractivity contribution is -0.385. The van der Waals surface area contributed by atoms with Crippen molar-refractivity contribution in [3.8, 4) is 0 Å². The molecule has 2 aromatic carbocycles. The number of hydrogen-bond acceptors (Lipinski definition) is 3. The number of rotatable bonds is 6. The van der Waals surface area contributed by atoms with Gasteiger partial charge in [0.1, 0.15) is 0 Å². The number of nitrogens with zero attached hydrogens (tertiary/aromatic N) is 1. The van der Waals surface area contributed by atoms with Gasteiger partial charge in [-0.15, -0.1) is 0 Å². The summed E-state index contributed by atoms with van der Waals surface area (Å²) in [6.45, 7) is 4.80. The number of nitrogens with one attached hydrogen (secondary N) is 1. The summed E-state index contributed by atoms with van der Waals surface area (Å²) in [5.74, 6) is 0.344. The molecule has 0 spiro atoms. The highest BCUT2D eigenvalue weighted by Gasteiger charge is 2.13. The Bertz CT molecular complexity index is 611. The number of aryl methyl sites for hydroxylation is 1. The van der Waals surface area contributed by atoms with Gasteiger partial charge in [-0.25, -0.2) is 0 Å². The molecule has 1 N–H and O–H groups in total. The average molecular weight is 284 g/mol. The van der Waals surface area contributed by atoms with E-state index in [4.69, 9.17) is 0 Å². The minimum atomic E-state index is -0.315. The topological polar surface area (TPSA) is 55.2 Å². The van der Waals surface area contributed by atoms with Crippen LogP contribution in [0, 0.1) is 10.1 Å². The third-order valence-corrected chi connectivity index (χ3v) is 3.64. The van der Waals surface area contributed by atoms with Crippen LogP contribution in [0.1, 0.15) is 30.9 Å². The van der Waals surface area contributed by atoms with Gasteiger partial charge >= 0.3 is 0 Å². The number of nitro benzene ring substituents is 1. The molecule has 0 heterocycles. The normalized spacial score (nSPS) is 11.9. The molecule has 0 aliphatic rings. The van der Waals surface area contributed by atoms with Crippen molar-refractivity contribution >= 4 is 11.4 Å². The molecule has 2 rings (SSSR count). The molecule has 0 radical (unpaired) electrons. The minimum Gasteiger partial charge on any atom is -0.384 e. The number of benzene rings is 2. The fraction of sp³-hybridized carbons (Fsp3) is 0.294. The Morgan fingerprint density at radius 3 is 2.52 bits per heavy atom. The Morgan fingerprint density at radius 1 is 1.19 bits per heavy atom. The van der Waals surface area contributed by atoms with Gasteiger partial charge in [0.05, 0.1) is 4.92 Å². The van der Waals surface area contributed by atoms with Crippen LogP contribution < -0.4 is 5.32 Å². The van der Waals surface area contributed by atoms with Crippen LogP contribution in [0.4, 0.5) is 11.4 Å². The molecule has 1 atom stereocenters. The van der Waals surface area contributed by atoms with Gasteiger partial charge in [-0.3, -0.25) is 10.1 Å². The first-order valence-electron chi connectivity index (χ1n) is 7.18. The molecule has 2 aromatic rings. The zero-order valence-electron chi connectivity index (χ0n) is 12.4. The lowest BCUT2D eigenvalue weighted by atomic mass is 10.0. The molecule has 0 aromatic heterocycles. The Hall–Kier alpha value is -2.36. The summed E-state index contributed by atoms with van der Waals surface area (Å²) in [6.07, 6.45) is 0.664. The number of anilines is 1. The van der Waals surface area contributed by atoms with E-state index in [9.17, 15) is 10.1 Å². The van der Waals surface area contributed by atoms with Gasteiger partial charge in [-0.2, -0.15) is 0 Å². The van der Waals surface area contributed by atoms with E-state index >= 15 is 0 Å².